The Labute approximate surface area is 131 Å². The van der Waals surface area contributed by atoms with Gasteiger partial charge in [-0.3, -0.25) is 4.79 Å². The number of carbonyl (C=O) groups excluding carboxylic acids is 1. The zero-order valence-electron chi connectivity index (χ0n) is 13.6. The maximum Gasteiger partial charge on any atom is 0.243 e. The van der Waals surface area contributed by atoms with Crippen molar-refractivity contribution in [3.8, 4) is 0 Å². The summed E-state index contributed by atoms with van der Waals surface area (Å²) in [7, 11) is -3.84. The average Bonchev–Trinajstić information content (AvgIpc) is 2.32. The smallest absolute Gasteiger partial charge is 0.243 e. The van der Waals surface area contributed by atoms with Gasteiger partial charge >= 0.3 is 0 Å². The number of halogens is 1. The van der Waals surface area contributed by atoms with Crippen molar-refractivity contribution in [2.24, 2.45) is 0 Å². The van der Waals surface area contributed by atoms with Gasteiger partial charge in [0.15, 0.2) is 0 Å². The molecule has 0 fully saturated rings. The van der Waals surface area contributed by atoms with E-state index in [0.717, 1.165) is 16.4 Å². The van der Waals surface area contributed by atoms with Gasteiger partial charge in [-0.15, -0.1) is 0 Å². The van der Waals surface area contributed by atoms with E-state index < -0.39 is 21.4 Å². The topological polar surface area (TPSA) is 66.5 Å². The lowest BCUT2D eigenvalue weighted by molar-refractivity contribution is -0.122. The highest BCUT2D eigenvalue weighted by Gasteiger charge is 2.27. The van der Waals surface area contributed by atoms with E-state index in [1.807, 2.05) is 20.8 Å². The van der Waals surface area contributed by atoms with E-state index in [4.69, 9.17) is 0 Å². The fourth-order valence-electron chi connectivity index (χ4n) is 2.03. The third-order valence-electron chi connectivity index (χ3n) is 2.94. The number of sulfonamides is 1. The number of hydrogen-bond donors (Lipinski definition) is 1. The predicted octanol–water partition coefficient (Wildman–Crippen LogP) is 2.06. The van der Waals surface area contributed by atoms with Crippen LogP contribution in [0.4, 0.5) is 4.39 Å². The van der Waals surface area contributed by atoms with Gasteiger partial charge in [-0.1, -0.05) is 6.92 Å². The highest BCUT2D eigenvalue weighted by molar-refractivity contribution is 7.89. The second-order valence-corrected chi connectivity index (χ2v) is 8.05. The van der Waals surface area contributed by atoms with Crippen LogP contribution in [0.5, 0.6) is 0 Å². The Kier molecular flexibility index (Phi) is 5.70. The Morgan fingerprint density at radius 2 is 1.91 bits per heavy atom. The largest absolute Gasteiger partial charge is 0.350 e. The van der Waals surface area contributed by atoms with E-state index in [2.05, 4.69) is 5.32 Å². The summed E-state index contributed by atoms with van der Waals surface area (Å²) >= 11 is 0. The van der Waals surface area contributed by atoms with Gasteiger partial charge in [0, 0.05) is 12.1 Å². The second kappa shape index (κ2) is 6.75. The molecule has 0 saturated carbocycles. The van der Waals surface area contributed by atoms with Crippen LogP contribution < -0.4 is 5.32 Å². The Hall–Kier alpha value is -1.47. The Morgan fingerprint density at radius 1 is 1.32 bits per heavy atom. The molecule has 0 unspecified atom stereocenters. The van der Waals surface area contributed by atoms with E-state index >= 15 is 0 Å². The molecule has 1 aromatic carbocycles. The Bertz CT molecular complexity index is 651. The lowest BCUT2D eigenvalue weighted by Gasteiger charge is -2.25. The van der Waals surface area contributed by atoms with Crippen LogP contribution >= 0.6 is 0 Å². The monoisotopic (exact) mass is 330 g/mol. The molecule has 0 bridgehead atoms. The first-order valence-corrected chi connectivity index (χ1v) is 8.48. The summed E-state index contributed by atoms with van der Waals surface area (Å²) in [4.78, 5) is 12.0. The number of benzene rings is 1. The molecule has 1 rings (SSSR count). The highest BCUT2D eigenvalue weighted by atomic mass is 32.2. The van der Waals surface area contributed by atoms with E-state index in [0.29, 0.717) is 5.56 Å². The molecule has 5 nitrogen and oxygen atoms in total. The lowest BCUT2D eigenvalue weighted by atomic mass is 10.1. The number of aryl methyl sites for hydroxylation is 1. The Morgan fingerprint density at radius 3 is 2.36 bits per heavy atom. The summed E-state index contributed by atoms with van der Waals surface area (Å²) in [6.45, 7) is 8.52. The normalized spacial score (nSPS) is 12.5. The quantitative estimate of drug-likeness (QED) is 0.898. The number of rotatable bonds is 5. The van der Waals surface area contributed by atoms with E-state index in [-0.39, 0.29) is 23.9 Å². The molecular weight excluding hydrogens is 307 g/mol. The number of nitrogens with zero attached hydrogens (tertiary/aromatic N) is 1. The molecule has 1 N–H and O–H groups in total. The molecule has 0 atom stereocenters. The van der Waals surface area contributed by atoms with Gasteiger partial charge < -0.3 is 5.32 Å². The Balaban J connectivity index is 3.05. The summed E-state index contributed by atoms with van der Waals surface area (Å²) < 4.78 is 39.5. The lowest BCUT2D eigenvalue weighted by Crippen LogP contribution is -2.47. The van der Waals surface area contributed by atoms with Gasteiger partial charge in [-0.25, -0.2) is 12.8 Å². The molecule has 22 heavy (non-hydrogen) atoms. The predicted molar refractivity (Wildman–Crippen MR) is 83.5 cm³/mol. The maximum atomic E-state index is 13.1. The molecule has 124 valence electrons. The SMILES string of the molecule is CCN(CC(=O)NC(C)(C)C)S(=O)(=O)c1ccc(F)cc1C. The van der Waals surface area contributed by atoms with Gasteiger partial charge in [0.2, 0.25) is 15.9 Å². The van der Waals surface area contributed by atoms with Crippen molar-refractivity contribution in [2.75, 3.05) is 13.1 Å². The van der Waals surface area contributed by atoms with E-state index in [9.17, 15) is 17.6 Å². The minimum atomic E-state index is -3.84. The zero-order chi connectivity index (χ0) is 17.1. The van der Waals surface area contributed by atoms with Crippen LogP contribution in [0.25, 0.3) is 0 Å². The molecule has 1 amide bonds. The molecule has 0 aliphatic carbocycles. The first-order chi connectivity index (χ1) is 9.97. The van der Waals surface area contributed by atoms with Crippen molar-refractivity contribution < 1.29 is 17.6 Å². The molecule has 0 heterocycles. The van der Waals surface area contributed by atoms with Gasteiger partial charge in [-0.05, 0) is 51.5 Å². The molecule has 0 aromatic heterocycles. The second-order valence-electron chi connectivity index (χ2n) is 6.14. The molecule has 0 aliphatic rings. The molecule has 1 aromatic rings. The van der Waals surface area contributed by atoms with Crippen molar-refractivity contribution in [1.29, 1.82) is 0 Å². The van der Waals surface area contributed by atoms with Crippen LogP contribution in [0.3, 0.4) is 0 Å². The number of amides is 1. The first kappa shape index (κ1) is 18.6. The summed E-state index contributed by atoms with van der Waals surface area (Å²) in [5, 5.41) is 2.73. The third-order valence-corrected chi connectivity index (χ3v) is 5.02. The molecule has 0 radical (unpaired) electrons. The summed E-state index contributed by atoms with van der Waals surface area (Å²) in [6.07, 6.45) is 0. The molecule has 0 spiro atoms. The fourth-order valence-corrected chi connectivity index (χ4v) is 3.64. The van der Waals surface area contributed by atoms with Crippen molar-refractivity contribution >= 4 is 15.9 Å². The van der Waals surface area contributed by atoms with Crippen LogP contribution in [0.15, 0.2) is 23.1 Å². The van der Waals surface area contributed by atoms with Crippen LogP contribution in [0, 0.1) is 12.7 Å². The molecule has 7 heteroatoms. The number of hydrogen-bond acceptors (Lipinski definition) is 3. The number of likely N-dealkylation sites (N-methyl/N-ethyl adjacent to an activating group) is 1. The van der Waals surface area contributed by atoms with Crippen LogP contribution in [0.2, 0.25) is 0 Å². The zero-order valence-corrected chi connectivity index (χ0v) is 14.4. The summed E-state index contributed by atoms with van der Waals surface area (Å²) in [6, 6.07) is 3.49. The third kappa shape index (κ3) is 4.78. The van der Waals surface area contributed by atoms with Gasteiger partial charge in [0.1, 0.15) is 5.82 Å². The van der Waals surface area contributed by atoms with Crippen molar-refractivity contribution in [2.45, 2.75) is 45.1 Å². The summed E-state index contributed by atoms with van der Waals surface area (Å²) in [5.74, 6) is -0.873. The average molecular weight is 330 g/mol. The van der Waals surface area contributed by atoms with Gasteiger partial charge in [0.25, 0.3) is 0 Å². The van der Waals surface area contributed by atoms with E-state index in [1.54, 1.807) is 6.92 Å². The maximum absolute atomic E-state index is 13.1. The molecule has 0 saturated heterocycles. The van der Waals surface area contributed by atoms with Crippen LogP contribution in [0.1, 0.15) is 33.3 Å². The first-order valence-electron chi connectivity index (χ1n) is 7.04. The molecular formula is C15H23FN2O3S. The van der Waals surface area contributed by atoms with Crippen molar-refractivity contribution in [3.05, 3.63) is 29.6 Å². The highest BCUT2D eigenvalue weighted by Crippen LogP contribution is 2.20. The minimum absolute atomic E-state index is 0.0132. The van der Waals surface area contributed by atoms with Gasteiger partial charge in [-0.2, -0.15) is 4.31 Å². The van der Waals surface area contributed by atoms with Crippen LogP contribution in [-0.2, 0) is 14.8 Å². The van der Waals surface area contributed by atoms with Gasteiger partial charge in [0.05, 0.1) is 11.4 Å². The summed E-state index contributed by atoms with van der Waals surface area (Å²) in [5.41, 5.74) is -0.124. The number of nitrogens with one attached hydrogen (secondary N) is 1. The van der Waals surface area contributed by atoms with E-state index in [1.165, 1.54) is 13.0 Å². The number of carbonyl (C=O) groups is 1. The van der Waals surface area contributed by atoms with Crippen LogP contribution in [-0.4, -0.2) is 37.3 Å². The molecule has 0 aliphatic heterocycles. The minimum Gasteiger partial charge on any atom is -0.350 e. The standard InChI is InChI=1S/C15H23FN2O3S/c1-6-18(10-14(19)17-15(3,4)5)22(20,21)13-8-7-12(16)9-11(13)2/h7-9H,6,10H2,1-5H3,(H,17,19). The van der Waals surface area contributed by atoms with Crippen molar-refractivity contribution in [1.82, 2.24) is 9.62 Å². The van der Waals surface area contributed by atoms with Crippen molar-refractivity contribution in [3.63, 3.8) is 0 Å². The fraction of sp³-hybridized carbons (Fsp3) is 0.533.